The molecular formula is C26H24N12O6S2. The van der Waals surface area contributed by atoms with Crippen molar-refractivity contribution in [2.45, 2.75) is 24.9 Å². The number of fused-ring (bicyclic) bond motifs is 1. The molecule has 2 aliphatic heterocycles. The number of hydrogen-bond acceptors (Lipinski definition) is 14. The predicted molar refractivity (Wildman–Crippen MR) is 160 cm³/mol. The number of nitrogens with zero attached hydrogens (tertiary/aromatic N) is 6. The summed E-state index contributed by atoms with van der Waals surface area (Å²) >= 11 is 2.15. The Morgan fingerprint density at radius 2 is 2.11 bits per heavy atom. The summed E-state index contributed by atoms with van der Waals surface area (Å²) in [6.45, 7) is 1.98. The maximum absolute atomic E-state index is 13.2. The Hall–Kier alpha value is -5.81. The van der Waals surface area contributed by atoms with Crippen LogP contribution in [0.3, 0.4) is 0 Å². The second-order valence-corrected chi connectivity index (χ2v) is 11.4. The van der Waals surface area contributed by atoms with Gasteiger partial charge in [-0.2, -0.15) is 14.6 Å². The van der Waals surface area contributed by atoms with E-state index in [1.165, 1.54) is 18.0 Å². The summed E-state index contributed by atoms with van der Waals surface area (Å²) < 4.78 is 5.71. The number of amides is 4. The summed E-state index contributed by atoms with van der Waals surface area (Å²) in [4.78, 5) is 62.9. The highest BCUT2D eigenvalue weighted by Gasteiger charge is 2.53. The van der Waals surface area contributed by atoms with Crippen LogP contribution < -0.4 is 31.4 Å². The number of nitriles is 1. The molecular weight excluding hydrogens is 640 g/mol. The molecule has 46 heavy (non-hydrogen) atoms. The molecule has 20 heteroatoms. The Kier molecular flexibility index (Phi) is 9.24. The van der Waals surface area contributed by atoms with Crippen LogP contribution in [0.2, 0.25) is 0 Å². The highest BCUT2D eigenvalue weighted by atomic mass is 32.2. The van der Waals surface area contributed by atoms with E-state index in [9.17, 15) is 24.3 Å². The summed E-state index contributed by atoms with van der Waals surface area (Å²) in [5.74, 6) is -2.98. The van der Waals surface area contributed by atoms with Crippen molar-refractivity contribution >= 4 is 63.8 Å². The highest BCUT2D eigenvalue weighted by Crippen LogP contribution is 2.40. The van der Waals surface area contributed by atoms with Crippen LogP contribution in [0.25, 0.3) is 11.1 Å². The SMILES string of the molecule is CCON=C(C(=O)NC1C(=O)N2C(C(=O)[O-])=C(C[n+]3ccc(-c4c[nH]c(C(=N)NC(=O)NC#N)c4)cc3)CSC12)c1nsc(N)n1. The molecule has 3 aromatic heterocycles. The number of aromatic amines is 1. The number of aliphatic carboxylic acids is 1. The van der Waals surface area contributed by atoms with Gasteiger partial charge in [-0.25, -0.2) is 14.7 Å². The number of carboxylic acid groups (broad SMARTS) is 1. The van der Waals surface area contributed by atoms with E-state index in [2.05, 4.69) is 30.1 Å². The molecule has 2 atom stereocenters. The largest absolute Gasteiger partial charge is 0.543 e. The quantitative estimate of drug-likeness (QED) is 0.0272. The molecule has 2 unspecified atom stereocenters. The molecule has 18 nitrogen and oxygen atoms in total. The normalized spacial score (nSPS) is 17.3. The van der Waals surface area contributed by atoms with Gasteiger partial charge in [0.2, 0.25) is 11.5 Å². The topological polar surface area (TPSA) is 271 Å². The molecule has 5 heterocycles. The Balaban J connectivity index is 1.27. The summed E-state index contributed by atoms with van der Waals surface area (Å²) in [7, 11) is 0. The minimum Gasteiger partial charge on any atom is -0.543 e. The predicted octanol–water partition coefficient (Wildman–Crippen LogP) is -1.65. The number of nitrogens with one attached hydrogen (secondary N) is 5. The third-order valence-corrected chi connectivity index (χ3v) is 8.52. The fraction of sp³-hybridized carbons (Fsp3) is 0.231. The maximum atomic E-state index is 13.2. The molecule has 1 saturated heterocycles. The van der Waals surface area contributed by atoms with Crippen LogP contribution in [0.15, 0.2) is 53.2 Å². The lowest BCUT2D eigenvalue weighted by molar-refractivity contribution is -0.689. The van der Waals surface area contributed by atoms with Crippen LogP contribution in [0.5, 0.6) is 0 Å². The number of rotatable bonds is 10. The molecule has 1 fully saturated rings. The molecule has 5 rings (SSSR count). The lowest BCUT2D eigenvalue weighted by Gasteiger charge is -2.50. The zero-order valence-corrected chi connectivity index (χ0v) is 25.4. The average molecular weight is 665 g/mol. The monoisotopic (exact) mass is 664 g/mol. The van der Waals surface area contributed by atoms with Crippen molar-refractivity contribution in [3.8, 4) is 17.3 Å². The van der Waals surface area contributed by atoms with Gasteiger partial charge < -0.3 is 30.8 Å². The number of β-lactam (4-membered cyclic amide) rings is 1. The Morgan fingerprint density at radius 1 is 1.35 bits per heavy atom. The standard InChI is InChI=1S/C26H24N12O6S2/c1-2-44-35-16(20-34-25(29)46-36-20)21(39)32-17-22(40)38-18(24(41)42)14(10-45-23(17)38)9-37-5-3-12(4-6-37)13-7-15(30-8-13)19(28)33-26(43)31-11-27/h3-8,17,23H,2,9-10H2,1H3,(H7,28,29,31,32,33,34,36,39,41,42,43). The van der Waals surface area contributed by atoms with Crippen molar-refractivity contribution in [1.82, 2.24) is 35.2 Å². The number of nitrogens with two attached hydrogens (primary N) is 1. The zero-order valence-electron chi connectivity index (χ0n) is 23.8. The van der Waals surface area contributed by atoms with Gasteiger partial charge in [-0.1, -0.05) is 5.16 Å². The van der Waals surface area contributed by atoms with Gasteiger partial charge in [0.1, 0.15) is 23.9 Å². The summed E-state index contributed by atoms with van der Waals surface area (Å²) in [5, 5.41) is 38.6. The van der Waals surface area contributed by atoms with Crippen LogP contribution in [-0.4, -0.2) is 78.4 Å². The van der Waals surface area contributed by atoms with Crippen LogP contribution in [0.4, 0.5) is 9.93 Å². The van der Waals surface area contributed by atoms with Crippen molar-refractivity contribution in [3.63, 3.8) is 0 Å². The van der Waals surface area contributed by atoms with Crippen molar-refractivity contribution in [3.05, 3.63) is 59.6 Å². The number of aromatic nitrogens is 4. The number of thioether (sulfide) groups is 1. The van der Waals surface area contributed by atoms with Crippen LogP contribution in [0.1, 0.15) is 18.4 Å². The van der Waals surface area contributed by atoms with Gasteiger partial charge in [-0.15, -0.1) is 11.8 Å². The van der Waals surface area contributed by atoms with Gasteiger partial charge in [-0.05, 0) is 18.6 Å². The molecule has 4 amide bonds. The first kappa shape index (κ1) is 31.6. The fourth-order valence-corrected chi connectivity index (χ4v) is 6.36. The van der Waals surface area contributed by atoms with E-state index in [0.717, 1.165) is 22.0 Å². The maximum Gasteiger partial charge on any atom is 0.333 e. The highest BCUT2D eigenvalue weighted by molar-refractivity contribution is 8.00. The Morgan fingerprint density at radius 3 is 2.76 bits per heavy atom. The second kappa shape index (κ2) is 13.4. The number of hydrogen-bond donors (Lipinski definition) is 6. The molecule has 3 aromatic rings. The fourth-order valence-electron chi connectivity index (χ4n) is 4.59. The molecule has 7 N–H and O–H groups in total. The minimum atomic E-state index is -1.52. The lowest BCUT2D eigenvalue weighted by atomic mass is 10.0. The molecule has 0 saturated carbocycles. The van der Waals surface area contributed by atoms with Gasteiger partial charge in [-0.3, -0.25) is 25.2 Å². The smallest absolute Gasteiger partial charge is 0.333 e. The Labute approximate surface area is 268 Å². The number of oxime groups is 1. The van der Waals surface area contributed by atoms with Crippen LogP contribution in [0, 0.1) is 16.9 Å². The second-order valence-electron chi connectivity index (χ2n) is 9.54. The van der Waals surface area contributed by atoms with E-state index in [1.54, 1.807) is 48.3 Å². The van der Waals surface area contributed by atoms with Gasteiger partial charge in [0.25, 0.3) is 11.8 Å². The van der Waals surface area contributed by atoms with E-state index in [4.69, 9.17) is 21.2 Å². The Bertz CT molecular complexity index is 1830. The first-order valence-electron chi connectivity index (χ1n) is 13.3. The number of amidine groups is 1. The van der Waals surface area contributed by atoms with Gasteiger partial charge >= 0.3 is 6.03 Å². The van der Waals surface area contributed by atoms with Crippen molar-refractivity contribution < 1.29 is 33.7 Å². The van der Waals surface area contributed by atoms with E-state index in [-0.39, 0.29) is 47.1 Å². The van der Waals surface area contributed by atoms with Crippen molar-refractivity contribution in [1.29, 1.82) is 10.7 Å². The molecule has 2 aliphatic rings. The van der Waals surface area contributed by atoms with Crippen molar-refractivity contribution in [2.24, 2.45) is 5.16 Å². The minimum absolute atomic E-state index is 0.0662. The average Bonchev–Trinajstić information content (AvgIpc) is 3.70. The number of urea groups is 1. The summed E-state index contributed by atoms with van der Waals surface area (Å²) in [6.07, 6.45) is 6.56. The molecule has 0 bridgehead atoms. The lowest BCUT2D eigenvalue weighted by Crippen LogP contribution is -2.71. The summed E-state index contributed by atoms with van der Waals surface area (Å²) in [6, 6.07) is 3.32. The number of anilines is 1. The molecule has 236 valence electrons. The van der Waals surface area contributed by atoms with E-state index < -0.39 is 35.2 Å². The third-order valence-electron chi connectivity index (χ3n) is 6.64. The number of carbonyl (C=O) groups excluding carboxylic acids is 4. The number of H-pyrrole nitrogens is 1. The van der Waals surface area contributed by atoms with Gasteiger partial charge in [0.15, 0.2) is 30.3 Å². The number of carbonyl (C=O) groups is 4. The number of pyridine rings is 1. The summed E-state index contributed by atoms with van der Waals surface area (Å²) in [5.41, 5.74) is 7.33. The third kappa shape index (κ3) is 6.49. The van der Waals surface area contributed by atoms with Gasteiger partial charge in [0, 0.05) is 46.8 Å². The molecule has 0 aliphatic carbocycles. The van der Waals surface area contributed by atoms with Crippen molar-refractivity contribution in [2.75, 3.05) is 18.1 Å². The molecule has 0 spiro atoms. The van der Waals surface area contributed by atoms with E-state index in [0.29, 0.717) is 16.8 Å². The zero-order chi connectivity index (χ0) is 33.0. The van der Waals surface area contributed by atoms with Crippen LogP contribution >= 0.6 is 23.3 Å². The van der Waals surface area contributed by atoms with Gasteiger partial charge in [0.05, 0.1) is 17.4 Å². The number of nitrogen functional groups attached to an aromatic ring is 1. The first-order valence-corrected chi connectivity index (χ1v) is 15.1. The first-order chi connectivity index (χ1) is 22.1. The van der Waals surface area contributed by atoms with Crippen LogP contribution in [-0.2, 0) is 25.8 Å². The molecule has 0 aromatic carbocycles. The molecule has 0 radical (unpaired) electrons. The van der Waals surface area contributed by atoms with E-state index in [1.807, 2.05) is 5.32 Å². The number of carboxylic acids is 1. The van der Waals surface area contributed by atoms with E-state index >= 15 is 0 Å².